The average molecular weight is 276 g/mol. The molecule has 0 saturated heterocycles. The maximum atomic E-state index is 12.8. The first-order valence-corrected chi connectivity index (χ1v) is 6.43. The van der Waals surface area contributed by atoms with E-state index < -0.39 is 0 Å². The summed E-state index contributed by atoms with van der Waals surface area (Å²) >= 11 is 0. The first kappa shape index (κ1) is 14.3. The van der Waals surface area contributed by atoms with Crippen LogP contribution in [0.5, 0.6) is 0 Å². The molecule has 2 N–H and O–H groups in total. The van der Waals surface area contributed by atoms with Crippen molar-refractivity contribution >= 4 is 5.91 Å². The molecule has 20 heavy (non-hydrogen) atoms. The Morgan fingerprint density at radius 1 is 1.25 bits per heavy atom. The van der Waals surface area contributed by atoms with Gasteiger partial charge in [0.1, 0.15) is 11.6 Å². The summed E-state index contributed by atoms with van der Waals surface area (Å²) in [5, 5.41) is 5.86. The van der Waals surface area contributed by atoms with Crippen molar-refractivity contribution in [1.82, 2.24) is 10.6 Å². The number of hydrogen-bond acceptors (Lipinski definition) is 3. The van der Waals surface area contributed by atoms with Crippen molar-refractivity contribution < 1.29 is 13.6 Å². The highest BCUT2D eigenvalue weighted by Crippen LogP contribution is 2.03. The number of benzene rings is 1. The standard InChI is InChI=1S/C15H17FN2O2/c1-11(15(19)18-10-14-3-2-8-20-14)17-9-12-4-6-13(16)7-5-12/h2-8,11,17H,9-10H2,1H3,(H,18,19). The summed E-state index contributed by atoms with van der Waals surface area (Å²) in [4.78, 5) is 11.8. The number of nitrogens with one attached hydrogen (secondary N) is 2. The Kier molecular flexibility index (Phi) is 4.90. The number of rotatable bonds is 6. The molecule has 1 amide bonds. The largest absolute Gasteiger partial charge is 0.467 e. The minimum Gasteiger partial charge on any atom is -0.467 e. The number of carbonyl (C=O) groups is 1. The third-order valence-electron chi connectivity index (χ3n) is 2.94. The van der Waals surface area contributed by atoms with E-state index in [1.54, 1.807) is 37.5 Å². The third-order valence-corrected chi connectivity index (χ3v) is 2.94. The molecule has 0 aliphatic carbocycles. The van der Waals surface area contributed by atoms with Gasteiger partial charge in [-0.05, 0) is 36.8 Å². The average Bonchev–Trinajstić information content (AvgIpc) is 2.97. The molecule has 0 aliphatic heterocycles. The van der Waals surface area contributed by atoms with E-state index in [-0.39, 0.29) is 17.8 Å². The summed E-state index contributed by atoms with van der Waals surface area (Å²) in [6.07, 6.45) is 1.57. The number of halogens is 1. The molecule has 1 heterocycles. The molecule has 0 radical (unpaired) electrons. The molecule has 1 aromatic carbocycles. The van der Waals surface area contributed by atoms with Gasteiger partial charge in [-0.3, -0.25) is 4.79 Å². The molecular weight excluding hydrogens is 259 g/mol. The molecule has 0 aliphatic rings. The zero-order valence-corrected chi connectivity index (χ0v) is 11.2. The minimum atomic E-state index is -0.338. The van der Waals surface area contributed by atoms with Crippen LogP contribution in [0.1, 0.15) is 18.2 Å². The Hall–Kier alpha value is -2.14. The fourth-order valence-electron chi connectivity index (χ4n) is 1.71. The highest BCUT2D eigenvalue weighted by atomic mass is 19.1. The molecule has 1 atom stereocenters. The maximum absolute atomic E-state index is 12.8. The minimum absolute atomic E-state index is 0.108. The SMILES string of the molecule is CC(NCc1ccc(F)cc1)C(=O)NCc1ccco1. The van der Waals surface area contributed by atoms with Crippen LogP contribution in [-0.2, 0) is 17.9 Å². The number of amides is 1. The Labute approximate surface area is 117 Å². The van der Waals surface area contributed by atoms with E-state index in [2.05, 4.69) is 10.6 Å². The molecule has 0 fully saturated rings. The van der Waals surface area contributed by atoms with Crippen LogP contribution in [0.4, 0.5) is 4.39 Å². The molecule has 0 saturated carbocycles. The van der Waals surface area contributed by atoms with Gasteiger partial charge in [0, 0.05) is 6.54 Å². The lowest BCUT2D eigenvalue weighted by Crippen LogP contribution is -2.41. The predicted octanol–water partition coefficient (Wildman–Crippen LogP) is 2.21. The third kappa shape index (κ3) is 4.20. The van der Waals surface area contributed by atoms with Crippen molar-refractivity contribution in [3.8, 4) is 0 Å². The van der Waals surface area contributed by atoms with Gasteiger partial charge in [0.25, 0.3) is 0 Å². The Balaban J connectivity index is 1.74. The van der Waals surface area contributed by atoms with E-state index in [1.807, 2.05) is 0 Å². The molecule has 0 bridgehead atoms. The molecule has 2 aromatic rings. The lowest BCUT2D eigenvalue weighted by molar-refractivity contribution is -0.123. The van der Waals surface area contributed by atoms with Crippen molar-refractivity contribution in [3.63, 3.8) is 0 Å². The van der Waals surface area contributed by atoms with Crippen LogP contribution >= 0.6 is 0 Å². The quantitative estimate of drug-likeness (QED) is 0.850. The molecule has 2 rings (SSSR count). The van der Waals surface area contributed by atoms with E-state index in [9.17, 15) is 9.18 Å². The van der Waals surface area contributed by atoms with E-state index >= 15 is 0 Å². The summed E-state index contributed by atoms with van der Waals surface area (Å²) in [6.45, 7) is 2.66. The van der Waals surface area contributed by atoms with Crippen LogP contribution in [0.25, 0.3) is 0 Å². The molecule has 1 aromatic heterocycles. The van der Waals surface area contributed by atoms with Gasteiger partial charge in [-0.1, -0.05) is 12.1 Å². The van der Waals surface area contributed by atoms with Crippen molar-refractivity contribution in [2.45, 2.75) is 26.1 Å². The fourth-order valence-corrected chi connectivity index (χ4v) is 1.71. The maximum Gasteiger partial charge on any atom is 0.237 e. The van der Waals surface area contributed by atoms with E-state index in [1.165, 1.54) is 12.1 Å². The summed E-state index contributed by atoms with van der Waals surface area (Å²) < 4.78 is 17.9. The normalized spacial score (nSPS) is 12.1. The van der Waals surface area contributed by atoms with Crippen molar-refractivity contribution in [1.29, 1.82) is 0 Å². The van der Waals surface area contributed by atoms with E-state index in [4.69, 9.17) is 4.42 Å². The van der Waals surface area contributed by atoms with E-state index in [0.717, 1.165) is 5.56 Å². The van der Waals surface area contributed by atoms with Gasteiger partial charge in [-0.25, -0.2) is 4.39 Å². The Bertz CT molecular complexity index is 538. The second-order valence-electron chi connectivity index (χ2n) is 4.53. The second-order valence-corrected chi connectivity index (χ2v) is 4.53. The molecular formula is C15H17FN2O2. The number of furan rings is 1. The zero-order valence-electron chi connectivity index (χ0n) is 11.2. The summed E-state index contributed by atoms with van der Waals surface area (Å²) in [7, 11) is 0. The first-order valence-electron chi connectivity index (χ1n) is 6.43. The highest BCUT2D eigenvalue weighted by Gasteiger charge is 2.12. The molecule has 0 spiro atoms. The highest BCUT2D eigenvalue weighted by molar-refractivity contribution is 5.81. The van der Waals surface area contributed by atoms with Crippen LogP contribution in [-0.4, -0.2) is 11.9 Å². The van der Waals surface area contributed by atoms with Gasteiger partial charge in [-0.15, -0.1) is 0 Å². The van der Waals surface area contributed by atoms with Crippen LogP contribution in [0, 0.1) is 5.82 Å². The lowest BCUT2D eigenvalue weighted by Gasteiger charge is -2.13. The Morgan fingerprint density at radius 2 is 2.00 bits per heavy atom. The second kappa shape index (κ2) is 6.86. The van der Waals surface area contributed by atoms with Crippen LogP contribution in [0.15, 0.2) is 47.1 Å². The predicted molar refractivity (Wildman–Crippen MR) is 73.3 cm³/mol. The van der Waals surface area contributed by atoms with Crippen molar-refractivity contribution in [2.75, 3.05) is 0 Å². The Morgan fingerprint density at radius 3 is 2.65 bits per heavy atom. The first-order chi connectivity index (χ1) is 9.65. The lowest BCUT2D eigenvalue weighted by atomic mass is 10.2. The van der Waals surface area contributed by atoms with Gasteiger partial charge in [0.2, 0.25) is 5.91 Å². The number of carbonyl (C=O) groups excluding carboxylic acids is 1. The summed E-state index contributed by atoms with van der Waals surface area (Å²) in [5.74, 6) is 0.339. The topological polar surface area (TPSA) is 54.3 Å². The fraction of sp³-hybridized carbons (Fsp3) is 0.267. The molecule has 4 nitrogen and oxygen atoms in total. The van der Waals surface area contributed by atoms with Gasteiger partial charge < -0.3 is 15.1 Å². The monoisotopic (exact) mass is 276 g/mol. The van der Waals surface area contributed by atoms with Gasteiger partial charge in [-0.2, -0.15) is 0 Å². The molecule has 106 valence electrons. The molecule has 5 heteroatoms. The van der Waals surface area contributed by atoms with Gasteiger partial charge in [0.15, 0.2) is 0 Å². The van der Waals surface area contributed by atoms with E-state index in [0.29, 0.717) is 18.8 Å². The van der Waals surface area contributed by atoms with Crippen LogP contribution < -0.4 is 10.6 Å². The summed E-state index contributed by atoms with van der Waals surface area (Å²) in [6, 6.07) is 9.42. The van der Waals surface area contributed by atoms with Crippen molar-refractivity contribution in [2.24, 2.45) is 0 Å². The molecule has 1 unspecified atom stereocenters. The van der Waals surface area contributed by atoms with Crippen LogP contribution in [0.3, 0.4) is 0 Å². The van der Waals surface area contributed by atoms with Crippen molar-refractivity contribution in [3.05, 3.63) is 59.8 Å². The summed E-state index contributed by atoms with van der Waals surface area (Å²) in [5.41, 5.74) is 0.928. The number of hydrogen-bond donors (Lipinski definition) is 2. The van der Waals surface area contributed by atoms with Gasteiger partial charge in [0.05, 0.1) is 18.8 Å². The smallest absolute Gasteiger partial charge is 0.237 e. The van der Waals surface area contributed by atoms with Crippen LogP contribution in [0.2, 0.25) is 0 Å². The van der Waals surface area contributed by atoms with Gasteiger partial charge >= 0.3 is 0 Å². The zero-order chi connectivity index (χ0) is 14.4.